The van der Waals surface area contributed by atoms with Crippen LogP contribution in [0.25, 0.3) is 0 Å². The molecule has 1 aromatic carbocycles. The molecule has 1 fully saturated rings. The quantitative estimate of drug-likeness (QED) is 0.912. The van der Waals surface area contributed by atoms with Gasteiger partial charge < -0.3 is 15.0 Å². The summed E-state index contributed by atoms with van der Waals surface area (Å²) in [5.41, 5.74) is 1.03. The zero-order valence-electron chi connectivity index (χ0n) is 12.7. The molecular formula is C16H22Cl2N2O2. The van der Waals surface area contributed by atoms with E-state index in [1.807, 2.05) is 17.0 Å². The van der Waals surface area contributed by atoms with E-state index < -0.39 is 6.10 Å². The summed E-state index contributed by atoms with van der Waals surface area (Å²) in [6, 6.07) is 5.85. The van der Waals surface area contributed by atoms with E-state index in [4.69, 9.17) is 16.3 Å². The van der Waals surface area contributed by atoms with E-state index >= 15 is 0 Å². The Kier molecular flexibility index (Phi) is 5.95. The predicted molar refractivity (Wildman–Crippen MR) is 90.1 cm³/mol. The summed E-state index contributed by atoms with van der Waals surface area (Å²) in [5.74, 6) is 0.900. The summed E-state index contributed by atoms with van der Waals surface area (Å²) in [5, 5.41) is 4.02. The number of nitrogens with one attached hydrogen (secondary N) is 1. The van der Waals surface area contributed by atoms with Gasteiger partial charge in [0.05, 0.1) is 0 Å². The lowest BCUT2D eigenvalue weighted by Gasteiger charge is -2.30. The number of hydrogen-bond acceptors (Lipinski definition) is 3. The smallest absolute Gasteiger partial charge is 0.264 e. The third-order valence-electron chi connectivity index (χ3n) is 4.20. The van der Waals surface area contributed by atoms with E-state index in [-0.39, 0.29) is 18.3 Å². The molecule has 22 heavy (non-hydrogen) atoms. The van der Waals surface area contributed by atoms with E-state index in [1.165, 1.54) is 0 Å². The molecule has 0 aromatic heterocycles. The van der Waals surface area contributed by atoms with E-state index in [0.29, 0.717) is 17.5 Å². The number of nitrogens with zero attached hydrogens (tertiary/aromatic N) is 1. The van der Waals surface area contributed by atoms with Gasteiger partial charge >= 0.3 is 0 Å². The van der Waals surface area contributed by atoms with Gasteiger partial charge in [-0.1, -0.05) is 18.5 Å². The molecular weight excluding hydrogens is 323 g/mol. The van der Waals surface area contributed by atoms with Crippen molar-refractivity contribution >= 4 is 29.9 Å². The van der Waals surface area contributed by atoms with Gasteiger partial charge in [-0.05, 0) is 43.1 Å². The van der Waals surface area contributed by atoms with Crippen LogP contribution in [-0.4, -0.2) is 42.6 Å². The van der Waals surface area contributed by atoms with Gasteiger partial charge in [0.2, 0.25) is 0 Å². The molecule has 2 unspecified atom stereocenters. The van der Waals surface area contributed by atoms with Crippen LogP contribution >= 0.6 is 24.0 Å². The van der Waals surface area contributed by atoms with Crippen molar-refractivity contribution < 1.29 is 9.53 Å². The second-order valence-electron chi connectivity index (χ2n) is 5.74. The monoisotopic (exact) mass is 344 g/mol. The Labute approximate surface area is 142 Å². The molecule has 2 heterocycles. The fourth-order valence-electron chi connectivity index (χ4n) is 3.16. The van der Waals surface area contributed by atoms with Gasteiger partial charge in [0, 0.05) is 30.6 Å². The Hall–Kier alpha value is -0.970. The summed E-state index contributed by atoms with van der Waals surface area (Å²) in [4.78, 5) is 14.8. The Morgan fingerprint density at radius 3 is 3.00 bits per heavy atom. The zero-order chi connectivity index (χ0) is 14.8. The largest absolute Gasteiger partial charge is 0.480 e. The molecule has 4 nitrogen and oxygen atoms in total. The highest BCUT2D eigenvalue weighted by atomic mass is 35.5. The number of rotatable bonds is 4. The molecule has 1 aromatic rings. The average Bonchev–Trinajstić information content (AvgIpc) is 3.12. The molecule has 1 N–H and O–H groups in total. The number of hydrogen-bond donors (Lipinski definition) is 1. The predicted octanol–water partition coefficient (Wildman–Crippen LogP) is 2.67. The van der Waals surface area contributed by atoms with Gasteiger partial charge in [0.15, 0.2) is 6.10 Å². The van der Waals surface area contributed by atoms with Crippen molar-refractivity contribution in [1.29, 1.82) is 0 Å². The average molecular weight is 345 g/mol. The fourth-order valence-corrected chi connectivity index (χ4v) is 3.35. The lowest BCUT2D eigenvalue weighted by Crippen LogP contribution is -2.48. The minimum Gasteiger partial charge on any atom is -0.480 e. The van der Waals surface area contributed by atoms with Crippen LogP contribution in [0.4, 0.5) is 0 Å². The summed E-state index contributed by atoms with van der Waals surface area (Å²) >= 11 is 6.01. The molecule has 6 heteroatoms. The minimum atomic E-state index is -0.398. The molecule has 0 saturated carbocycles. The standard InChI is InChI=1S/C16H21ClN2O2.ClH/c1-2-7-19(13-5-6-18-10-13)16(20)15-9-11-8-12(17)3-4-14(11)21-15;/h3-4,8,13,15,18H,2,5-7,9-10H2,1H3;1H. The maximum atomic E-state index is 12.8. The van der Waals surface area contributed by atoms with E-state index in [1.54, 1.807) is 6.07 Å². The number of carbonyl (C=O) groups excluding carboxylic acids is 1. The van der Waals surface area contributed by atoms with Crippen LogP contribution in [0.1, 0.15) is 25.3 Å². The first-order chi connectivity index (χ1) is 10.2. The third kappa shape index (κ3) is 3.50. The first-order valence-electron chi connectivity index (χ1n) is 7.65. The molecule has 0 radical (unpaired) electrons. The van der Waals surface area contributed by atoms with Gasteiger partial charge in [-0.25, -0.2) is 0 Å². The van der Waals surface area contributed by atoms with E-state index in [2.05, 4.69) is 12.2 Å². The van der Waals surface area contributed by atoms with E-state index in [9.17, 15) is 4.79 Å². The number of carbonyl (C=O) groups is 1. The van der Waals surface area contributed by atoms with Crippen LogP contribution in [0, 0.1) is 0 Å². The summed E-state index contributed by atoms with van der Waals surface area (Å²) in [7, 11) is 0. The van der Waals surface area contributed by atoms with Crippen molar-refractivity contribution in [2.45, 2.75) is 38.3 Å². The van der Waals surface area contributed by atoms with Crippen molar-refractivity contribution in [2.75, 3.05) is 19.6 Å². The molecule has 2 aliphatic heterocycles. The minimum absolute atomic E-state index is 0. The third-order valence-corrected chi connectivity index (χ3v) is 4.43. The molecule has 3 rings (SSSR count). The number of fused-ring (bicyclic) bond motifs is 1. The second kappa shape index (κ2) is 7.53. The topological polar surface area (TPSA) is 41.6 Å². The summed E-state index contributed by atoms with van der Waals surface area (Å²) < 4.78 is 5.84. The first kappa shape index (κ1) is 17.4. The van der Waals surface area contributed by atoms with Crippen LogP contribution in [0.15, 0.2) is 18.2 Å². The van der Waals surface area contributed by atoms with Crippen LogP contribution in [0.3, 0.4) is 0 Å². The molecule has 122 valence electrons. The molecule has 1 amide bonds. The molecule has 2 aliphatic rings. The SMILES string of the molecule is CCCN(C(=O)C1Cc2cc(Cl)ccc2O1)C1CCNC1.Cl. The van der Waals surface area contributed by atoms with Gasteiger partial charge in [0.25, 0.3) is 5.91 Å². The van der Waals surface area contributed by atoms with Crippen molar-refractivity contribution in [1.82, 2.24) is 10.2 Å². The summed E-state index contributed by atoms with van der Waals surface area (Å²) in [6.07, 6.45) is 2.21. The maximum absolute atomic E-state index is 12.8. The van der Waals surface area contributed by atoms with Crippen LogP contribution in [0.5, 0.6) is 5.75 Å². The fraction of sp³-hybridized carbons (Fsp3) is 0.562. The molecule has 2 atom stereocenters. The van der Waals surface area contributed by atoms with Gasteiger partial charge in [-0.15, -0.1) is 12.4 Å². The van der Waals surface area contributed by atoms with E-state index in [0.717, 1.165) is 43.8 Å². The molecule has 0 bridgehead atoms. The van der Waals surface area contributed by atoms with Crippen molar-refractivity contribution in [3.8, 4) is 5.75 Å². The van der Waals surface area contributed by atoms with Gasteiger partial charge in [0.1, 0.15) is 5.75 Å². The first-order valence-corrected chi connectivity index (χ1v) is 8.03. The summed E-state index contributed by atoms with van der Waals surface area (Å²) in [6.45, 7) is 4.77. The highest BCUT2D eigenvalue weighted by Gasteiger charge is 2.35. The highest BCUT2D eigenvalue weighted by molar-refractivity contribution is 6.30. The van der Waals surface area contributed by atoms with Crippen molar-refractivity contribution in [2.24, 2.45) is 0 Å². The van der Waals surface area contributed by atoms with Crippen LogP contribution < -0.4 is 10.1 Å². The maximum Gasteiger partial charge on any atom is 0.264 e. The molecule has 0 spiro atoms. The van der Waals surface area contributed by atoms with Crippen LogP contribution in [-0.2, 0) is 11.2 Å². The normalized spacial score (nSPS) is 22.6. The van der Waals surface area contributed by atoms with Gasteiger partial charge in [-0.3, -0.25) is 4.79 Å². The molecule has 1 saturated heterocycles. The number of benzene rings is 1. The number of ether oxygens (including phenoxy) is 1. The Balaban J connectivity index is 0.00000176. The Morgan fingerprint density at radius 2 is 2.32 bits per heavy atom. The van der Waals surface area contributed by atoms with Crippen LogP contribution in [0.2, 0.25) is 5.02 Å². The Morgan fingerprint density at radius 1 is 1.50 bits per heavy atom. The highest BCUT2D eigenvalue weighted by Crippen LogP contribution is 2.32. The number of halogens is 2. The lowest BCUT2D eigenvalue weighted by molar-refractivity contribution is -0.140. The Bertz CT molecular complexity index is 533. The number of amides is 1. The zero-order valence-corrected chi connectivity index (χ0v) is 14.3. The molecule has 0 aliphatic carbocycles. The van der Waals surface area contributed by atoms with Gasteiger partial charge in [-0.2, -0.15) is 0 Å². The van der Waals surface area contributed by atoms with Crippen molar-refractivity contribution in [3.05, 3.63) is 28.8 Å². The second-order valence-corrected chi connectivity index (χ2v) is 6.18. The van der Waals surface area contributed by atoms with Crippen molar-refractivity contribution in [3.63, 3.8) is 0 Å². The lowest BCUT2D eigenvalue weighted by atomic mass is 10.1.